The number of nitriles is 1. The van der Waals surface area contributed by atoms with Gasteiger partial charge in [-0.15, -0.1) is 0 Å². The van der Waals surface area contributed by atoms with E-state index in [2.05, 4.69) is 11.1 Å². The molecule has 1 aromatic carbocycles. The molecule has 1 aromatic heterocycles. The third-order valence-electron chi connectivity index (χ3n) is 2.80. The highest BCUT2D eigenvalue weighted by Gasteiger charge is 2.04. The molecule has 0 radical (unpaired) electrons. The molecule has 0 fully saturated rings. The SMILES string of the molecule is N#CCCc1ccc(Cn2cnc(C(N)=O)c2)cc1. The minimum atomic E-state index is -0.523. The van der Waals surface area contributed by atoms with Gasteiger partial charge in [0, 0.05) is 19.2 Å². The van der Waals surface area contributed by atoms with Crippen molar-refractivity contribution >= 4 is 5.91 Å². The number of hydrogen-bond acceptors (Lipinski definition) is 3. The van der Waals surface area contributed by atoms with Crippen molar-refractivity contribution in [1.82, 2.24) is 9.55 Å². The van der Waals surface area contributed by atoms with Gasteiger partial charge in [-0.3, -0.25) is 4.79 Å². The Morgan fingerprint density at radius 3 is 2.58 bits per heavy atom. The predicted molar refractivity (Wildman–Crippen MR) is 70.2 cm³/mol. The number of nitrogens with two attached hydrogens (primary N) is 1. The third-order valence-corrected chi connectivity index (χ3v) is 2.80. The number of rotatable bonds is 5. The van der Waals surface area contributed by atoms with Crippen LogP contribution in [0.25, 0.3) is 0 Å². The number of primary amides is 1. The minimum Gasteiger partial charge on any atom is -0.364 e. The number of carbonyl (C=O) groups excluding carboxylic acids is 1. The van der Waals surface area contributed by atoms with Gasteiger partial charge in [0.2, 0.25) is 0 Å². The van der Waals surface area contributed by atoms with E-state index in [0.717, 1.165) is 17.5 Å². The van der Waals surface area contributed by atoms with Crippen molar-refractivity contribution in [3.63, 3.8) is 0 Å². The summed E-state index contributed by atoms with van der Waals surface area (Å²) in [6.07, 6.45) is 4.52. The molecule has 5 nitrogen and oxygen atoms in total. The zero-order valence-electron chi connectivity index (χ0n) is 10.4. The highest BCUT2D eigenvalue weighted by molar-refractivity contribution is 5.90. The summed E-state index contributed by atoms with van der Waals surface area (Å²) in [7, 11) is 0. The second-order valence-electron chi connectivity index (χ2n) is 4.27. The van der Waals surface area contributed by atoms with Crippen molar-refractivity contribution in [1.29, 1.82) is 5.26 Å². The summed E-state index contributed by atoms with van der Waals surface area (Å²) in [5, 5.41) is 8.53. The van der Waals surface area contributed by atoms with E-state index >= 15 is 0 Å². The predicted octanol–water partition coefficient (Wildman–Crippen LogP) is 1.49. The Morgan fingerprint density at radius 1 is 1.32 bits per heavy atom. The highest BCUT2D eigenvalue weighted by atomic mass is 16.1. The van der Waals surface area contributed by atoms with Crippen LogP contribution in [0.1, 0.15) is 28.0 Å². The van der Waals surface area contributed by atoms with Gasteiger partial charge in [-0.1, -0.05) is 24.3 Å². The first-order valence-electron chi connectivity index (χ1n) is 5.95. The average Bonchev–Trinajstić information content (AvgIpc) is 2.87. The number of carbonyl (C=O) groups is 1. The summed E-state index contributed by atoms with van der Waals surface area (Å²) in [6, 6.07) is 10.2. The van der Waals surface area contributed by atoms with Gasteiger partial charge in [-0.2, -0.15) is 5.26 Å². The van der Waals surface area contributed by atoms with Crippen molar-refractivity contribution in [2.75, 3.05) is 0 Å². The van der Waals surface area contributed by atoms with Crippen LogP contribution in [0.3, 0.4) is 0 Å². The molecule has 0 unspecified atom stereocenters. The van der Waals surface area contributed by atoms with Crippen molar-refractivity contribution < 1.29 is 4.79 Å². The first-order chi connectivity index (χ1) is 9.19. The molecule has 2 N–H and O–H groups in total. The molecule has 2 aromatic rings. The molecule has 96 valence electrons. The van der Waals surface area contributed by atoms with Crippen molar-refractivity contribution in [2.45, 2.75) is 19.4 Å². The Hall–Kier alpha value is -2.61. The fourth-order valence-corrected chi connectivity index (χ4v) is 1.80. The lowest BCUT2D eigenvalue weighted by atomic mass is 10.1. The summed E-state index contributed by atoms with van der Waals surface area (Å²) >= 11 is 0. The Balaban J connectivity index is 2.02. The van der Waals surface area contributed by atoms with E-state index in [-0.39, 0.29) is 5.69 Å². The summed E-state index contributed by atoms with van der Waals surface area (Å²) in [5.41, 5.74) is 7.67. The first-order valence-corrected chi connectivity index (χ1v) is 5.95. The van der Waals surface area contributed by atoms with Gasteiger partial charge >= 0.3 is 0 Å². The standard InChI is InChI=1S/C14H14N4O/c15-7-1-2-11-3-5-12(6-4-11)8-18-9-13(14(16)19)17-10-18/h3-6,9-10H,1-2,8H2,(H2,16,19). The molecular weight excluding hydrogens is 240 g/mol. The normalized spacial score (nSPS) is 10.1. The van der Waals surface area contributed by atoms with E-state index in [1.807, 2.05) is 28.8 Å². The lowest BCUT2D eigenvalue weighted by Gasteiger charge is -2.03. The van der Waals surface area contributed by atoms with Crippen LogP contribution in [0.4, 0.5) is 0 Å². The van der Waals surface area contributed by atoms with Crippen molar-refractivity contribution in [2.24, 2.45) is 5.73 Å². The number of hydrogen-bond donors (Lipinski definition) is 1. The zero-order valence-corrected chi connectivity index (χ0v) is 10.4. The number of nitrogens with zero attached hydrogens (tertiary/aromatic N) is 3. The van der Waals surface area contributed by atoms with Crippen LogP contribution in [0, 0.1) is 11.3 Å². The van der Waals surface area contributed by atoms with Gasteiger partial charge in [0.25, 0.3) is 5.91 Å². The summed E-state index contributed by atoms with van der Waals surface area (Å²) in [5.74, 6) is -0.523. The minimum absolute atomic E-state index is 0.269. The molecule has 5 heteroatoms. The van der Waals surface area contributed by atoms with Crippen LogP contribution in [0.15, 0.2) is 36.8 Å². The Bertz CT molecular complexity index is 607. The molecule has 0 saturated carbocycles. The quantitative estimate of drug-likeness (QED) is 0.877. The van der Waals surface area contributed by atoms with E-state index in [0.29, 0.717) is 13.0 Å². The first kappa shape index (κ1) is 12.8. The lowest BCUT2D eigenvalue weighted by molar-refractivity contribution is 0.0996. The van der Waals surface area contributed by atoms with Gasteiger partial charge < -0.3 is 10.3 Å². The molecule has 0 aliphatic carbocycles. The fourth-order valence-electron chi connectivity index (χ4n) is 1.80. The molecule has 0 aliphatic rings. The van der Waals surface area contributed by atoms with E-state index < -0.39 is 5.91 Å². The number of amides is 1. The van der Waals surface area contributed by atoms with Crippen molar-refractivity contribution in [3.05, 3.63) is 53.6 Å². The largest absolute Gasteiger partial charge is 0.364 e. The number of aryl methyl sites for hydroxylation is 1. The van der Waals surface area contributed by atoms with Gasteiger partial charge in [0.1, 0.15) is 5.69 Å². The van der Waals surface area contributed by atoms with E-state index in [4.69, 9.17) is 11.0 Å². The van der Waals surface area contributed by atoms with Crippen LogP contribution in [-0.2, 0) is 13.0 Å². The van der Waals surface area contributed by atoms with Crippen LogP contribution in [-0.4, -0.2) is 15.5 Å². The third kappa shape index (κ3) is 3.42. The molecule has 0 spiro atoms. The lowest BCUT2D eigenvalue weighted by Crippen LogP contribution is -2.11. The summed E-state index contributed by atoms with van der Waals surface area (Å²) < 4.78 is 1.81. The van der Waals surface area contributed by atoms with E-state index in [9.17, 15) is 4.79 Å². The molecule has 1 amide bonds. The molecule has 0 bridgehead atoms. The molecular formula is C14H14N4O. The zero-order chi connectivity index (χ0) is 13.7. The Morgan fingerprint density at radius 2 is 2.00 bits per heavy atom. The summed E-state index contributed by atoms with van der Waals surface area (Å²) in [6.45, 7) is 0.638. The second-order valence-corrected chi connectivity index (χ2v) is 4.27. The second kappa shape index (κ2) is 5.83. The average molecular weight is 254 g/mol. The van der Waals surface area contributed by atoms with Gasteiger partial charge in [0.05, 0.1) is 12.4 Å². The maximum atomic E-state index is 10.9. The van der Waals surface area contributed by atoms with Crippen LogP contribution in [0.5, 0.6) is 0 Å². The number of benzene rings is 1. The fraction of sp³-hybridized carbons (Fsp3) is 0.214. The number of aromatic nitrogens is 2. The van der Waals surface area contributed by atoms with Crippen LogP contribution in [0.2, 0.25) is 0 Å². The monoisotopic (exact) mass is 254 g/mol. The molecule has 0 atom stereocenters. The van der Waals surface area contributed by atoms with Gasteiger partial charge in [-0.25, -0.2) is 4.98 Å². The van der Waals surface area contributed by atoms with Gasteiger partial charge in [-0.05, 0) is 17.5 Å². The topological polar surface area (TPSA) is 84.7 Å². The van der Waals surface area contributed by atoms with Crippen LogP contribution < -0.4 is 5.73 Å². The maximum absolute atomic E-state index is 10.9. The van der Waals surface area contributed by atoms with E-state index in [1.54, 1.807) is 12.5 Å². The molecule has 19 heavy (non-hydrogen) atoms. The molecule has 0 aliphatic heterocycles. The molecule has 1 heterocycles. The van der Waals surface area contributed by atoms with Crippen LogP contribution >= 0.6 is 0 Å². The van der Waals surface area contributed by atoms with Gasteiger partial charge in [0.15, 0.2) is 0 Å². The number of imidazole rings is 1. The molecule has 0 saturated heterocycles. The summed E-state index contributed by atoms with van der Waals surface area (Å²) in [4.78, 5) is 14.9. The highest BCUT2D eigenvalue weighted by Crippen LogP contribution is 2.08. The van der Waals surface area contributed by atoms with Crippen molar-refractivity contribution in [3.8, 4) is 6.07 Å². The Kier molecular flexibility index (Phi) is 3.94. The smallest absolute Gasteiger partial charge is 0.268 e. The van der Waals surface area contributed by atoms with E-state index in [1.165, 1.54) is 0 Å². The maximum Gasteiger partial charge on any atom is 0.268 e. The molecule has 2 rings (SSSR count). The Labute approximate surface area is 111 Å².